The molecule has 0 radical (unpaired) electrons. The van der Waals surface area contributed by atoms with E-state index in [1.54, 1.807) is 18.0 Å². The molecule has 0 fully saturated rings. The molecular weight excluding hydrogens is 260 g/mol. The highest BCUT2D eigenvalue weighted by atomic mass is 16.6. The normalized spacial score (nSPS) is 10.4. The van der Waals surface area contributed by atoms with E-state index in [0.717, 1.165) is 0 Å². The third-order valence-corrected chi connectivity index (χ3v) is 2.72. The molecule has 0 aliphatic rings. The number of nitro benzene ring substituents is 1. The summed E-state index contributed by atoms with van der Waals surface area (Å²) in [7, 11) is 1.71. The Hall–Kier alpha value is -2.31. The lowest BCUT2D eigenvalue weighted by Gasteiger charge is -2.20. The van der Waals surface area contributed by atoms with Crippen LogP contribution in [0.4, 0.5) is 17.1 Å². The largest absolute Gasteiger partial charge is 0.397 e. The van der Waals surface area contributed by atoms with Crippen molar-refractivity contribution in [3.63, 3.8) is 0 Å². The second-order valence-corrected chi connectivity index (χ2v) is 5.05. The molecule has 0 bridgehead atoms. The monoisotopic (exact) mass is 280 g/mol. The molecule has 1 aromatic rings. The van der Waals surface area contributed by atoms with Crippen LogP contribution in [0.5, 0.6) is 0 Å². The second-order valence-electron chi connectivity index (χ2n) is 5.05. The number of nitrogen functional groups attached to an aromatic ring is 1. The van der Waals surface area contributed by atoms with E-state index in [2.05, 4.69) is 5.32 Å². The summed E-state index contributed by atoms with van der Waals surface area (Å²) in [5, 5.41) is 13.4. The number of hydrogen-bond acceptors (Lipinski definition) is 5. The van der Waals surface area contributed by atoms with Crippen LogP contribution in [0, 0.1) is 16.0 Å². The molecule has 1 aromatic carbocycles. The van der Waals surface area contributed by atoms with Crippen LogP contribution >= 0.6 is 0 Å². The first kappa shape index (κ1) is 15.7. The van der Waals surface area contributed by atoms with Crippen LogP contribution in [0.2, 0.25) is 0 Å². The zero-order valence-electron chi connectivity index (χ0n) is 11.9. The minimum Gasteiger partial charge on any atom is -0.397 e. The van der Waals surface area contributed by atoms with Gasteiger partial charge in [0.05, 0.1) is 22.8 Å². The number of nitrogens with one attached hydrogen (secondary N) is 1. The third kappa shape index (κ3) is 4.42. The van der Waals surface area contributed by atoms with E-state index in [9.17, 15) is 14.9 Å². The van der Waals surface area contributed by atoms with Crippen molar-refractivity contribution in [3.8, 4) is 0 Å². The fraction of sp³-hybridized carbons (Fsp3) is 0.462. The van der Waals surface area contributed by atoms with E-state index in [4.69, 9.17) is 5.73 Å². The molecule has 0 spiro atoms. The number of anilines is 2. The summed E-state index contributed by atoms with van der Waals surface area (Å²) in [6, 6.07) is 4.20. The highest BCUT2D eigenvalue weighted by Crippen LogP contribution is 2.26. The maximum atomic E-state index is 11.7. The van der Waals surface area contributed by atoms with Crippen molar-refractivity contribution in [3.05, 3.63) is 28.3 Å². The number of carbonyl (C=O) groups is 1. The number of hydrogen-bond donors (Lipinski definition) is 2. The average Bonchev–Trinajstić information content (AvgIpc) is 2.35. The Balaban J connectivity index is 2.70. The predicted molar refractivity (Wildman–Crippen MR) is 78.6 cm³/mol. The minimum atomic E-state index is -0.504. The fourth-order valence-electron chi connectivity index (χ4n) is 1.68. The van der Waals surface area contributed by atoms with E-state index in [0.29, 0.717) is 18.2 Å². The van der Waals surface area contributed by atoms with Crippen LogP contribution in [-0.2, 0) is 4.79 Å². The quantitative estimate of drug-likeness (QED) is 0.465. The van der Waals surface area contributed by atoms with E-state index in [1.807, 2.05) is 13.8 Å². The van der Waals surface area contributed by atoms with Gasteiger partial charge in [0.1, 0.15) is 0 Å². The van der Waals surface area contributed by atoms with Crippen LogP contribution < -0.4 is 16.0 Å². The number of nitrogens with two attached hydrogens (primary N) is 1. The zero-order chi connectivity index (χ0) is 15.3. The predicted octanol–water partition coefficient (Wildman–Crippen LogP) is 1.39. The van der Waals surface area contributed by atoms with Gasteiger partial charge in [-0.3, -0.25) is 14.9 Å². The number of benzene rings is 1. The Morgan fingerprint density at radius 2 is 2.15 bits per heavy atom. The summed E-state index contributed by atoms with van der Waals surface area (Å²) in [6.07, 6.45) is 0. The first-order valence-corrected chi connectivity index (χ1v) is 6.33. The van der Waals surface area contributed by atoms with Crippen molar-refractivity contribution < 1.29 is 9.72 Å². The molecule has 0 aliphatic carbocycles. The fourth-order valence-corrected chi connectivity index (χ4v) is 1.68. The number of nitrogens with zero attached hydrogens (tertiary/aromatic N) is 2. The Morgan fingerprint density at radius 3 is 2.65 bits per heavy atom. The molecule has 1 rings (SSSR count). The van der Waals surface area contributed by atoms with Gasteiger partial charge >= 0.3 is 0 Å². The average molecular weight is 280 g/mol. The van der Waals surface area contributed by atoms with Crippen molar-refractivity contribution >= 4 is 23.0 Å². The van der Waals surface area contributed by atoms with E-state index < -0.39 is 4.92 Å². The van der Waals surface area contributed by atoms with Crippen LogP contribution in [-0.4, -0.2) is 31.0 Å². The molecule has 20 heavy (non-hydrogen) atoms. The number of carbonyl (C=O) groups excluding carboxylic acids is 1. The van der Waals surface area contributed by atoms with Gasteiger partial charge in [-0.05, 0) is 12.0 Å². The number of amides is 1. The molecule has 0 aliphatic heterocycles. The zero-order valence-corrected chi connectivity index (χ0v) is 11.9. The summed E-state index contributed by atoms with van der Waals surface area (Å²) in [5.74, 6) is 0.271. The van der Waals surface area contributed by atoms with Crippen LogP contribution in [0.1, 0.15) is 13.8 Å². The minimum absolute atomic E-state index is 0.0658. The Morgan fingerprint density at radius 1 is 1.50 bits per heavy atom. The number of nitro groups is 1. The lowest BCUT2D eigenvalue weighted by molar-refractivity contribution is -0.384. The van der Waals surface area contributed by atoms with Gasteiger partial charge in [-0.15, -0.1) is 0 Å². The highest BCUT2D eigenvalue weighted by Gasteiger charge is 2.13. The van der Waals surface area contributed by atoms with Gasteiger partial charge in [0.25, 0.3) is 5.69 Å². The van der Waals surface area contributed by atoms with Gasteiger partial charge in [0, 0.05) is 25.7 Å². The lowest BCUT2D eigenvalue weighted by Crippen LogP contribution is -2.37. The third-order valence-electron chi connectivity index (χ3n) is 2.72. The van der Waals surface area contributed by atoms with Gasteiger partial charge in [-0.25, -0.2) is 0 Å². The molecule has 110 valence electrons. The molecule has 0 aromatic heterocycles. The molecule has 7 heteroatoms. The van der Waals surface area contributed by atoms with Gasteiger partial charge in [-0.2, -0.15) is 0 Å². The molecule has 0 unspecified atom stereocenters. The van der Waals surface area contributed by atoms with Crippen molar-refractivity contribution in [2.24, 2.45) is 5.92 Å². The summed E-state index contributed by atoms with van der Waals surface area (Å²) < 4.78 is 0. The molecule has 1 amide bonds. The van der Waals surface area contributed by atoms with Gasteiger partial charge in [-0.1, -0.05) is 13.8 Å². The molecular formula is C13H20N4O3. The maximum absolute atomic E-state index is 11.7. The van der Waals surface area contributed by atoms with Crippen molar-refractivity contribution in [1.82, 2.24) is 5.32 Å². The number of non-ortho nitro benzene ring substituents is 1. The number of rotatable bonds is 6. The SMILES string of the molecule is CC(C)CNC(=O)CN(C)c1ccc([N+](=O)[O-])cc1N. The van der Waals surface area contributed by atoms with Gasteiger partial charge in [0.2, 0.25) is 5.91 Å². The molecule has 0 saturated heterocycles. The molecule has 3 N–H and O–H groups in total. The summed E-state index contributed by atoms with van der Waals surface area (Å²) in [4.78, 5) is 23.5. The summed E-state index contributed by atoms with van der Waals surface area (Å²) in [6.45, 7) is 4.79. The van der Waals surface area contributed by atoms with E-state index in [-0.39, 0.29) is 23.8 Å². The Labute approximate surface area is 117 Å². The summed E-state index contributed by atoms with van der Waals surface area (Å²) >= 11 is 0. The first-order valence-electron chi connectivity index (χ1n) is 6.33. The molecule has 0 atom stereocenters. The second kappa shape index (κ2) is 6.74. The topological polar surface area (TPSA) is 102 Å². The van der Waals surface area contributed by atoms with Crippen molar-refractivity contribution in [1.29, 1.82) is 0 Å². The van der Waals surface area contributed by atoms with Crippen molar-refractivity contribution in [2.75, 3.05) is 30.8 Å². The van der Waals surface area contributed by atoms with Crippen LogP contribution in [0.15, 0.2) is 18.2 Å². The van der Waals surface area contributed by atoms with Crippen LogP contribution in [0.3, 0.4) is 0 Å². The first-order chi connectivity index (χ1) is 9.31. The standard InChI is InChI=1S/C13H20N4O3/c1-9(2)7-15-13(18)8-16(3)12-5-4-10(17(19)20)6-11(12)14/h4-6,9H,7-8,14H2,1-3H3,(H,15,18). The molecule has 0 heterocycles. The molecule has 7 nitrogen and oxygen atoms in total. The van der Waals surface area contributed by atoms with Crippen LogP contribution in [0.25, 0.3) is 0 Å². The maximum Gasteiger partial charge on any atom is 0.271 e. The highest BCUT2D eigenvalue weighted by molar-refractivity contribution is 5.83. The van der Waals surface area contributed by atoms with Gasteiger partial charge < -0.3 is 16.0 Å². The van der Waals surface area contributed by atoms with Crippen molar-refractivity contribution in [2.45, 2.75) is 13.8 Å². The van der Waals surface area contributed by atoms with Gasteiger partial charge in [0.15, 0.2) is 0 Å². The lowest BCUT2D eigenvalue weighted by atomic mass is 10.2. The Bertz CT molecular complexity index is 502. The molecule has 0 saturated carbocycles. The summed E-state index contributed by atoms with van der Waals surface area (Å²) in [5.41, 5.74) is 6.58. The Kier molecular flexibility index (Phi) is 5.31. The smallest absolute Gasteiger partial charge is 0.271 e. The van der Waals surface area contributed by atoms with E-state index >= 15 is 0 Å². The van der Waals surface area contributed by atoms with E-state index in [1.165, 1.54) is 12.1 Å². The number of likely N-dealkylation sites (N-methyl/N-ethyl adjacent to an activating group) is 1.